The highest BCUT2D eigenvalue weighted by atomic mass is 35.5. The standard InChI is InChI=1S/C27H27ClN4O6/c28-18-8-10-21(29-14-18)30-25(34)23-22(19-13-17(27(36)37)7-9-20(19)38-23)31-24(33)15-3-5-16(6-4-15)26(35)32-11-1-2-12-32/h7-10,13-16H,1-6,11-12H2,(H,31,33)(H,36,37)(H,29,30,34). The van der Waals surface area contributed by atoms with Gasteiger partial charge in [-0.05, 0) is 68.9 Å². The number of amides is 3. The van der Waals surface area contributed by atoms with Crippen LogP contribution in [-0.2, 0) is 9.59 Å². The maximum atomic E-state index is 13.3. The van der Waals surface area contributed by atoms with Crippen LogP contribution in [0.5, 0.6) is 0 Å². The van der Waals surface area contributed by atoms with Crippen LogP contribution >= 0.6 is 11.6 Å². The number of benzene rings is 1. The van der Waals surface area contributed by atoms with Gasteiger partial charge in [0.15, 0.2) is 0 Å². The number of aromatic carboxylic acids is 1. The smallest absolute Gasteiger partial charge is 0.335 e. The summed E-state index contributed by atoms with van der Waals surface area (Å²) in [4.78, 5) is 56.7. The molecule has 1 aliphatic carbocycles. The Bertz CT molecular complexity index is 1390. The Hall–Kier alpha value is -3.92. The summed E-state index contributed by atoms with van der Waals surface area (Å²) in [5.41, 5.74) is 0.329. The lowest BCUT2D eigenvalue weighted by Crippen LogP contribution is -2.37. The van der Waals surface area contributed by atoms with Crippen molar-refractivity contribution < 1.29 is 28.7 Å². The molecule has 1 saturated carbocycles. The van der Waals surface area contributed by atoms with Gasteiger partial charge >= 0.3 is 5.97 Å². The Kier molecular flexibility index (Phi) is 7.33. The third kappa shape index (κ3) is 5.35. The van der Waals surface area contributed by atoms with Crippen LogP contribution in [0.25, 0.3) is 11.0 Å². The van der Waals surface area contributed by atoms with Crippen molar-refractivity contribution in [2.45, 2.75) is 38.5 Å². The molecule has 2 aliphatic rings. The van der Waals surface area contributed by atoms with Gasteiger partial charge in [0.2, 0.25) is 17.6 Å². The number of furan rings is 1. The van der Waals surface area contributed by atoms with E-state index in [1.165, 1.54) is 30.5 Å². The van der Waals surface area contributed by atoms with Gasteiger partial charge in [-0.25, -0.2) is 9.78 Å². The minimum Gasteiger partial charge on any atom is -0.478 e. The van der Waals surface area contributed by atoms with E-state index in [4.69, 9.17) is 16.0 Å². The minimum absolute atomic E-state index is 0.0129. The maximum Gasteiger partial charge on any atom is 0.335 e. The fourth-order valence-electron chi connectivity index (χ4n) is 5.16. The van der Waals surface area contributed by atoms with Gasteiger partial charge in [-0.1, -0.05) is 11.6 Å². The fraction of sp³-hybridized carbons (Fsp3) is 0.370. The number of carbonyl (C=O) groups excluding carboxylic acids is 3. The first-order valence-electron chi connectivity index (χ1n) is 12.6. The number of pyridine rings is 1. The number of hydrogen-bond donors (Lipinski definition) is 3. The molecule has 3 aromatic rings. The average molecular weight is 539 g/mol. The van der Waals surface area contributed by atoms with E-state index in [1.807, 2.05) is 4.90 Å². The average Bonchev–Trinajstić information content (AvgIpc) is 3.58. The monoisotopic (exact) mass is 538 g/mol. The molecular weight excluding hydrogens is 512 g/mol. The molecule has 0 bridgehead atoms. The van der Waals surface area contributed by atoms with Crippen molar-refractivity contribution in [1.82, 2.24) is 9.88 Å². The van der Waals surface area contributed by atoms with Crippen molar-refractivity contribution in [3.05, 3.63) is 52.9 Å². The molecule has 1 saturated heterocycles. The number of hydrogen-bond acceptors (Lipinski definition) is 6. The van der Waals surface area contributed by atoms with Crippen LogP contribution in [0.15, 0.2) is 40.9 Å². The molecule has 5 rings (SSSR count). The SMILES string of the molecule is O=C(O)c1ccc2oc(C(=O)Nc3ccc(Cl)cn3)c(NC(=O)C3CCC(C(=O)N4CCCC4)CC3)c2c1. The third-order valence-electron chi connectivity index (χ3n) is 7.22. The molecule has 2 fully saturated rings. The third-order valence-corrected chi connectivity index (χ3v) is 7.45. The molecule has 198 valence electrons. The van der Waals surface area contributed by atoms with Crippen molar-refractivity contribution in [2.24, 2.45) is 11.8 Å². The number of nitrogens with zero attached hydrogens (tertiary/aromatic N) is 2. The molecule has 11 heteroatoms. The molecule has 3 N–H and O–H groups in total. The number of carboxylic acid groups (broad SMARTS) is 1. The fourth-order valence-corrected chi connectivity index (χ4v) is 5.27. The van der Waals surface area contributed by atoms with Crippen molar-refractivity contribution in [2.75, 3.05) is 23.7 Å². The van der Waals surface area contributed by atoms with E-state index in [1.54, 1.807) is 6.07 Å². The van der Waals surface area contributed by atoms with Gasteiger partial charge in [0.1, 0.15) is 17.1 Å². The largest absolute Gasteiger partial charge is 0.478 e. The number of halogens is 1. The second-order valence-electron chi connectivity index (χ2n) is 9.71. The lowest BCUT2D eigenvalue weighted by molar-refractivity contribution is -0.136. The lowest BCUT2D eigenvalue weighted by Gasteiger charge is -2.29. The van der Waals surface area contributed by atoms with Crippen LogP contribution in [0.1, 0.15) is 59.4 Å². The van der Waals surface area contributed by atoms with Gasteiger partial charge < -0.3 is 25.1 Å². The highest BCUT2D eigenvalue weighted by Crippen LogP contribution is 2.35. The molecular formula is C27H27ClN4O6. The summed E-state index contributed by atoms with van der Waals surface area (Å²) in [7, 11) is 0. The quantitative estimate of drug-likeness (QED) is 0.409. The molecule has 10 nitrogen and oxygen atoms in total. The zero-order valence-electron chi connectivity index (χ0n) is 20.5. The van der Waals surface area contributed by atoms with Gasteiger partial charge in [0.05, 0.1) is 10.6 Å². The normalized spacial score (nSPS) is 19.3. The van der Waals surface area contributed by atoms with Crippen LogP contribution < -0.4 is 10.6 Å². The van der Waals surface area contributed by atoms with Gasteiger partial charge in [0, 0.05) is 36.5 Å². The lowest BCUT2D eigenvalue weighted by atomic mass is 9.81. The van der Waals surface area contributed by atoms with E-state index in [0.717, 1.165) is 25.9 Å². The summed E-state index contributed by atoms with van der Waals surface area (Å²) in [5.74, 6) is -2.31. The predicted octanol–water partition coefficient (Wildman–Crippen LogP) is 4.80. The molecule has 0 radical (unpaired) electrons. The molecule has 1 aliphatic heterocycles. The number of carbonyl (C=O) groups is 4. The zero-order valence-corrected chi connectivity index (χ0v) is 21.3. The first kappa shape index (κ1) is 25.7. The molecule has 0 spiro atoms. The molecule has 0 atom stereocenters. The number of fused-ring (bicyclic) bond motifs is 1. The maximum absolute atomic E-state index is 13.3. The van der Waals surface area contributed by atoms with Gasteiger partial charge in [-0.2, -0.15) is 0 Å². The van der Waals surface area contributed by atoms with Crippen LogP contribution in [-0.4, -0.2) is 51.8 Å². The Balaban J connectivity index is 1.36. The van der Waals surface area contributed by atoms with Crippen molar-refractivity contribution >= 4 is 57.8 Å². The molecule has 0 unspecified atom stereocenters. The highest BCUT2D eigenvalue weighted by Gasteiger charge is 2.34. The van der Waals surface area contributed by atoms with E-state index in [-0.39, 0.29) is 52.1 Å². The Labute approximate surface area is 223 Å². The summed E-state index contributed by atoms with van der Waals surface area (Å²) in [6.07, 6.45) is 5.79. The number of likely N-dealkylation sites (tertiary alicyclic amines) is 1. The number of aromatic nitrogens is 1. The minimum atomic E-state index is -1.15. The van der Waals surface area contributed by atoms with E-state index in [0.29, 0.717) is 36.1 Å². The predicted molar refractivity (Wildman–Crippen MR) is 140 cm³/mol. The van der Waals surface area contributed by atoms with Gasteiger partial charge in [-0.3, -0.25) is 14.4 Å². The second-order valence-corrected chi connectivity index (χ2v) is 10.1. The van der Waals surface area contributed by atoms with Crippen molar-refractivity contribution in [3.63, 3.8) is 0 Å². The molecule has 3 heterocycles. The Morgan fingerprint density at radius 1 is 0.974 bits per heavy atom. The molecule has 1 aromatic carbocycles. The first-order chi connectivity index (χ1) is 18.3. The van der Waals surface area contributed by atoms with Crippen LogP contribution in [0.3, 0.4) is 0 Å². The summed E-state index contributed by atoms with van der Waals surface area (Å²) in [5, 5.41) is 15.6. The second kappa shape index (κ2) is 10.8. The van der Waals surface area contributed by atoms with Crippen LogP contribution in [0.4, 0.5) is 11.5 Å². The van der Waals surface area contributed by atoms with Gasteiger partial charge in [0.25, 0.3) is 5.91 Å². The molecule has 2 aromatic heterocycles. The number of anilines is 2. The summed E-state index contributed by atoms with van der Waals surface area (Å²) in [6, 6.07) is 7.25. The number of carboxylic acids is 1. The van der Waals surface area contributed by atoms with E-state index in [2.05, 4.69) is 15.6 Å². The number of nitrogens with one attached hydrogen (secondary N) is 2. The highest BCUT2D eigenvalue weighted by molar-refractivity contribution is 6.30. The Morgan fingerprint density at radius 3 is 2.34 bits per heavy atom. The van der Waals surface area contributed by atoms with Crippen molar-refractivity contribution in [1.29, 1.82) is 0 Å². The van der Waals surface area contributed by atoms with E-state index < -0.39 is 11.9 Å². The topological polar surface area (TPSA) is 142 Å². The summed E-state index contributed by atoms with van der Waals surface area (Å²) >= 11 is 5.86. The zero-order chi connectivity index (χ0) is 26.8. The van der Waals surface area contributed by atoms with Crippen molar-refractivity contribution in [3.8, 4) is 0 Å². The Morgan fingerprint density at radius 2 is 1.68 bits per heavy atom. The van der Waals surface area contributed by atoms with Crippen LogP contribution in [0, 0.1) is 11.8 Å². The van der Waals surface area contributed by atoms with Crippen LogP contribution in [0.2, 0.25) is 5.02 Å². The van der Waals surface area contributed by atoms with E-state index in [9.17, 15) is 24.3 Å². The number of rotatable bonds is 6. The van der Waals surface area contributed by atoms with Gasteiger partial charge in [-0.15, -0.1) is 0 Å². The summed E-state index contributed by atoms with van der Waals surface area (Å²) < 4.78 is 5.76. The first-order valence-corrected chi connectivity index (χ1v) is 13.0. The molecule has 38 heavy (non-hydrogen) atoms. The van der Waals surface area contributed by atoms with E-state index >= 15 is 0 Å². The summed E-state index contributed by atoms with van der Waals surface area (Å²) in [6.45, 7) is 1.61. The molecule has 3 amide bonds.